The number of carbonyl (C=O) groups excluding carboxylic acids is 2. The summed E-state index contributed by atoms with van der Waals surface area (Å²) in [6, 6.07) is 11.7. The third kappa shape index (κ3) is 4.42. The number of amides is 1. The Bertz CT molecular complexity index is 1030. The molecule has 0 aliphatic carbocycles. The van der Waals surface area contributed by atoms with Crippen LogP contribution in [-0.2, 0) is 9.53 Å². The highest BCUT2D eigenvalue weighted by molar-refractivity contribution is 14.1. The first kappa shape index (κ1) is 18.8. The topological polar surface area (TPSA) is 113 Å². The molecular formula is C18H14IN3O5. The van der Waals surface area contributed by atoms with Crippen LogP contribution in [0.4, 0.5) is 5.69 Å². The average Bonchev–Trinajstić information content (AvgIpc) is 2.98. The summed E-state index contributed by atoms with van der Waals surface area (Å²) in [4.78, 5) is 26.0. The van der Waals surface area contributed by atoms with Crippen molar-refractivity contribution in [2.75, 3.05) is 13.7 Å². The van der Waals surface area contributed by atoms with Crippen molar-refractivity contribution in [3.05, 3.63) is 51.6 Å². The Kier molecular flexibility index (Phi) is 5.69. The molecule has 0 aliphatic rings. The van der Waals surface area contributed by atoms with Gasteiger partial charge in [0.2, 0.25) is 5.88 Å². The molecule has 0 fully saturated rings. The van der Waals surface area contributed by atoms with Gasteiger partial charge in [-0.15, -0.1) is 10.2 Å². The molecule has 3 aromatic rings. The number of halogens is 1. The number of benzene rings is 2. The lowest BCUT2D eigenvalue weighted by atomic mass is 10.2. The second kappa shape index (κ2) is 8.16. The minimum Gasteiger partial charge on any atom is -0.493 e. The SMILES string of the molecule is COC(=O)c1ccc(OCC(=O)N=Nc2c(O)[nH]c3ccc(I)cc23)cc1. The van der Waals surface area contributed by atoms with E-state index in [1.807, 2.05) is 12.1 Å². The quantitative estimate of drug-likeness (QED) is 0.327. The van der Waals surface area contributed by atoms with Crippen molar-refractivity contribution in [1.29, 1.82) is 0 Å². The summed E-state index contributed by atoms with van der Waals surface area (Å²) in [5.41, 5.74) is 1.26. The number of aromatic hydroxyl groups is 1. The van der Waals surface area contributed by atoms with Crippen LogP contribution in [0.2, 0.25) is 0 Å². The van der Waals surface area contributed by atoms with E-state index in [0.29, 0.717) is 22.2 Å². The lowest BCUT2D eigenvalue weighted by Crippen LogP contribution is -2.08. The number of azo groups is 1. The van der Waals surface area contributed by atoms with Crippen LogP contribution in [-0.4, -0.2) is 35.7 Å². The molecule has 8 nitrogen and oxygen atoms in total. The first-order valence-corrected chi connectivity index (χ1v) is 8.81. The van der Waals surface area contributed by atoms with Crippen LogP contribution in [0.5, 0.6) is 11.6 Å². The molecule has 1 amide bonds. The number of ether oxygens (including phenoxy) is 2. The molecule has 2 aromatic carbocycles. The summed E-state index contributed by atoms with van der Waals surface area (Å²) in [5.74, 6) is -0.843. The summed E-state index contributed by atoms with van der Waals surface area (Å²) in [6.07, 6.45) is 0. The fraction of sp³-hybridized carbons (Fsp3) is 0.111. The summed E-state index contributed by atoms with van der Waals surface area (Å²) in [7, 11) is 1.29. The Hall–Kier alpha value is -2.95. The van der Waals surface area contributed by atoms with Crippen LogP contribution in [0.1, 0.15) is 10.4 Å². The molecule has 138 valence electrons. The Labute approximate surface area is 167 Å². The predicted molar refractivity (Wildman–Crippen MR) is 105 cm³/mol. The number of aromatic nitrogens is 1. The zero-order valence-corrected chi connectivity index (χ0v) is 16.3. The lowest BCUT2D eigenvalue weighted by Gasteiger charge is -2.04. The van der Waals surface area contributed by atoms with Crippen molar-refractivity contribution in [3.63, 3.8) is 0 Å². The maximum absolute atomic E-state index is 11.9. The van der Waals surface area contributed by atoms with Gasteiger partial charge >= 0.3 is 11.9 Å². The third-order valence-corrected chi connectivity index (χ3v) is 4.28. The molecule has 27 heavy (non-hydrogen) atoms. The van der Waals surface area contributed by atoms with Crippen molar-refractivity contribution >= 4 is 51.1 Å². The number of carbonyl (C=O) groups is 2. The van der Waals surface area contributed by atoms with Crippen molar-refractivity contribution < 1.29 is 24.2 Å². The van der Waals surface area contributed by atoms with Crippen LogP contribution in [0.25, 0.3) is 10.9 Å². The zero-order valence-electron chi connectivity index (χ0n) is 14.1. The summed E-state index contributed by atoms with van der Waals surface area (Å²) in [5, 5.41) is 18.0. The second-order valence-corrected chi connectivity index (χ2v) is 6.66. The molecule has 9 heteroatoms. The highest BCUT2D eigenvalue weighted by Gasteiger charge is 2.12. The average molecular weight is 479 g/mol. The predicted octanol–water partition coefficient (Wildman–Crippen LogP) is 3.95. The molecule has 3 rings (SSSR count). The van der Waals surface area contributed by atoms with Gasteiger partial charge in [-0.1, -0.05) is 0 Å². The fourth-order valence-electron chi connectivity index (χ4n) is 2.32. The van der Waals surface area contributed by atoms with Crippen LogP contribution in [0, 0.1) is 3.57 Å². The van der Waals surface area contributed by atoms with Gasteiger partial charge in [0.25, 0.3) is 0 Å². The number of H-pyrrole nitrogens is 1. The van der Waals surface area contributed by atoms with E-state index in [2.05, 4.69) is 42.5 Å². The number of nitrogens with one attached hydrogen (secondary N) is 1. The monoisotopic (exact) mass is 479 g/mol. The zero-order chi connectivity index (χ0) is 19.4. The van der Waals surface area contributed by atoms with E-state index < -0.39 is 11.9 Å². The molecule has 0 saturated carbocycles. The van der Waals surface area contributed by atoms with Crippen molar-refractivity contribution in [2.45, 2.75) is 0 Å². The standard InChI is InChI=1S/C18H14IN3O5/c1-26-18(25)10-2-5-12(6-3-10)27-9-15(23)21-22-16-13-8-11(19)4-7-14(13)20-17(16)24/h2-8,20,24H,9H2,1H3. The summed E-state index contributed by atoms with van der Waals surface area (Å²) >= 11 is 2.14. The maximum atomic E-state index is 11.9. The third-order valence-electron chi connectivity index (χ3n) is 3.61. The highest BCUT2D eigenvalue weighted by atomic mass is 127. The maximum Gasteiger partial charge on any atom is 0.337 e. The van der Waals surface area contributed by atoms with E-state index in [-0.39, 0.29) is 18.2 Å². The Morgan fingerprint density at radius 3 is 2.63 bits per heavy atom. The van der Waals surface area contributed by atoms with Gasteiger partial charge < -0.3 is 19.6 Å². The number of fused-ring (bicyclic) bond motifs is 1. The van der Waals surface area contributed by atoms with E-state index in [4.69, 9.17) is 4.74 Å². The van der Waals surface area contributed by atoms with Crippen LogP contribution in [0.3, 0.4) is 0 Å². The summed E-state index contributed by atoms with van der Waals surface area (Å²) in [6.45, 7) is -0.332. The van der Waals surface area contributed by atoms with E-state index in [0.717, 1.165) is 3.57 Å². The van der Waals surface area contributed by atoms with Crippen LogP contribution in [0.15, 0.2) is 52.7 Å². The van der Waals surface area contributed by atoms with Gasteiger partial charge in [-0.2, -0.15) is 0 Å². The molecular weight excluding hydrogens is 465 g/mol. The molecule has 0 aliphatic heterocycles. The number of methoxy groups -OCH3 is 1. The van der Waals surface area contributed by atoms with Gasteiger partial charge in [-0.05, 0) is 65.1 Å². The van der Waals surface area contributed by atoms with Gasteiger partial charge in [0.15, 0.2) is 12.3 Å². The summed E-state index contributed by atoms with van der Waals surface area (Å²) < 4.78 is 10.9. The molecule has 1 heterocycles. The Balaban J connectivity index is 1.65. The lowest BCUT2D eigenvalue weighted by molar-refractivity contribution is -0.120. The smallest absolute Gasteiger partial charge is 0.337 e. The van der Waals surface area contributed by atoms with Gasteiger partial charge in [-0.3, -0.25) is 4.79 Å². The first-order valence-electron chi connectivity index (χ1n) is 7.74. The van der Waals surface area contributed by atoms with Gasteiger partial charge in [0.1, 0.15) is 5.75 Å². The van der Waals surface area contributed by atoms with E-state index in [1.165, 1.54) is 19.2 Å². The molecule has 0 bridgehead atoms. The normalized spacial score (nSPS) is 11.0. The minimum absolute atomic E-state index is 0.164. The number of hydrogen-bond acceptors (Lipinski definition) is 6. The van der Waals surface area contributed by atoms with E-state index >= 15 is 0 Å². The Morgan fingerprint density at radius 1 is 1.19 bits per heavy atom. The van der Waals surface area contributed by atoms with Crippen molar-refractivity contribution in [2.24, 2.45) is 10.2 Å². The molecule has 0 saturated heterocycles. The highest BCUT2D eigenvalue weighted by Crippen LogP contribution is 2.36. The Morgan fingerprint density at radius 2 is 1.93 bits per heavy atom. The van der Waals surface area contributed by atoms with Crippen LogP contribution >= 0.6 is 22.6 Å². The number of rotatable bonds is 5. The van der Waals surface area contributed by atoms with Crippen molar-refractivity contribution in [1.82, 2.24) is 4.98 Å². The molecule has 2 N–H and O–H groups in total. The number of nitrogens with zero attached hydrogens (tertiary/aromatic N) is 2. The van der Waals surface area contributed by atoms with Crippen molar-refractivity contribution in [3.8, 4) is 11.6 Å². The molecule has 0 radical (unpaired) electrons. The fourth-order valence-corrected chi connectivity index (χ4v) is 2.81. The first-order chi connectivity index (χ1) is 13.0. The van der Waals surface area contributed by atoms with Gasteiger partial charge in [-0.25, -0.2) is 4.79 Å². The molecule has 0 atom stereocenters. The molecule has 1 aromatic heterocycles. The van der Waals surface area contributed by atoms with Crippen LogP contribution < -0.4 is 4.74 Å². The van der Waals surface area contributed by atoms with E-state index in [9.17, 15) is 14.7 Å². The minimum atomic E-state index is -0.619. The van der Waals surface area contributed by atoms with E-state index in [1.54, 1.807) is 18.2 Å². The largest absolute Gasteiger partial charge is 0.493 e. The number of aromatic amines is 1. The number of hydrogen-bond donors (Lipinski definition) is 2. The molecule has 0 unspecified atom stereocenters. The number of esters is 1. The molecule has 0 spiro atoms. The van der Waals surface area contributed by atoms with Gasteiger partial charge in [0.05, 0.1) is 18.2 Å². The van der Waals surface area contributed by atoms with Gasteiger partial charge in [0, 0.05) is 8.96 Å². The second-order valence-electron chi connectivity index (χ2n) is 5.41.